The van der Waals surface area contributed by atoms with E-state index in [9.17, 15) is 9.59 Å². The quantitative estimate of drug-likeness (QED) is 0.307. The van der Waals surface area contributed by atoms with Gasteiger partial charge >= 0.3 is 0 Å². The number of benzene rings is 3. The van der Waals surface area contributed by atoms with E-state index in [1.807, 2.05) is 19.1 Å². The third-order valence-corrected chi connectivity index (χ3v) is 6.86. The fourth-order valence-corrected chi connectivity index (χ4v) is 4.79. The molecule has 40 heavy (non-hydrogen) atoms. The van der Waals surface area contributed by atoms with Crippen LogP contribution in [0.5, 0.6) is 23.0 Å². The first-order chi connectivity index (χ1) is 19.4. The number of rotatable bonds is 12. The third-order valence-electron chi connectivity index (χ3n) is 6.44. The van der Waals surface area contributed by atoms with Crippen LogP contribution in [-0.2, 0) is 16.1 Å². The van der Waals surface area contributed by atoms with Crippen molar-refractivity contribution in [2.75, 3.05) is 38.2 Å². The highest BCUT2D eigenvalue weighted by Gasteiger charge is 2.44. The summed E-state index contributed by atoms with van der Waals surface area (Å²) in [5.74, 6) is 1.95. The normalized spacial score (nSPS) is 14.8. The van der Waals surface area contributed by atoms with Crippen molar-refractivity contribution in [3.8, 4) is 23.0 Å². The van der Waals surface area contributed by atoms with Crippen LogP contribution in [0.4, 0.5) is 11.4 Å². The molecule has 1 unspecified atom stereocenters. The third kappa shape index (κ3) is 6.45. The van der Waals surface area contributed by atoms with Crippen molar-refractivity contribution in [3.63, 3.8) is 0 Å². The standard InChI is InChI=1S/C30H33N3O6S/c1-5-16-39-24-11-7-21(8-12-24)31-28(34)18-25-29(35)33(22-9-13-23(36-2)14-10-22)30(40)32(25)19-20-6-15-26(37-3)27(17-20)38-4/h6-15,17,25H,5,16,18-19H2,1-4H3,(H,31,34). The van der Waals surface area contributed by atoms with E-state index in [4.69, 9.17) is 31.2 Å². The molecule has 0 spiro atoms. The van der Waals surface area contributed by atoms with Gasteiger partial charge in [-0.2, -0.15) is 0 Å². The summed E-state index contributed by atoms with van der Waals surface area (Å²) in [4.78, 5) is 30.1. The van der Waals surface area contributed by atoms with E-state index in [2.05, 4.69) is 5.32 Å². The van der Waals surface area contributed by atoms with Crippen LogP contribution in [0.2, 0.25) is 0 Å². The van der Waals surface area contributed by atoms with Gasteiger partial charge in [0.15, 0.2) is 16.6 Å². The summed E-state index contributed by atoms with van der Waals surface area (Å²) in [7, 11) is 4.71. The Hall–Kier alpha value is -4.31. The number of hydrogen-bond donors (Lipinski definition) is 1. The van der Waals surface area contributed by atoms with Crippen LogP contribution in [0.25, 0.3) is 0 Å². The molecule has 1 N–H and O–H groups in total. The molecule has 1 heterocycles. The van der Waals surface area contributed by atoms with E-state index in [-0.39, 0.29) is 18.2 Å². The first-order valence-electron chi connectivity index (χ1n) is 12.9. The van der Waals surface area contributed by atoms with Crippen LogP contribution in [-0.4, -0.2) is 55.8 Å². The van der Waals surface area contributed by atoms with E-state index in [1.165, 1.54) is 4.90 Å². The monoisotopic (exact) mass is 563 g/mol. The van der Waals surface area contributed by atoms with Gasteiger partial charge in [0.25, 0.3) is 5.91 Å². The highest BCUT2D eigenvalue weighted by atomic mass is 32.1. The summed E-state index contributed by atoms with van der Waals surface area (Å²) in [6.45, 7) is 2.95. The average molecular weight is 564 g/mol. The molecule has 0 bridgehead atoms. The number of anilines is 2. The maximum absolute atomic E-state index is 13.8. The van der Waals surface area contributed by atoms with Gasteiger partial charge in [-0.05, 0) is 84.9 Å². The molecule has 3 aromatic rings. The number of ether oxygens (including phenoxy) is 4. The number of carbonyl (C=O) groups excluding carboxylic acids is 2. The van der Waals surface area contributed by atoms with Crippen molar-refractivity contribution in [2.24, 2.45) is 0 Å². The molecule has 0 saturated carbocycles. The zero-order chi connectivity index (χ0) is 28.6. The van der Waals surface area contributed by atoms with E-state index in [0.717, 1.165) is 17.7 Å². The number of amides is 2. The van der Waals surface area contributed by atoms with Gasteiger partial charge in [0.05, 0.1) is 40.0 Å². The molecular formula is C30H33N3O6S. The van der Waals surface area contributed by atoms with Crippen molar-refractivity contribution < 1.29 is 28.5 Å². The second-order valence-electron chi connectivity index (χ2n) is 9.11. The lowest BCUT2D eigenvalue weighted by molar-refractivity contribution is -0.124. The van der Waals surface area contributed by atoms with Gasteiger partial charge in [-0.25, -0.2) is 0 Å². The van der Waals surface area contributed by atoms with Crippen molar-refractivity contribution >= 4 is 40.5 Å². The molecule has 1 fully saturated rings. The van der Waals surface area contributed by atoms with E-state index in [1.54, 1.807) is 80.8 Å². The lowest BCUT2D eigenvalue weighted by Crippen LogP contribution is -2.37. The van der Waals surface area contributed by atoms with Crippen molar-refractivity contribution in [1.82, 2.24) is 4.90 Å². The molecule has 9 nitrogen and oxygen atoms in total. The van der Waals surface area contributed by atoms with Gasteiger partial charge in [-0.3, -0.25) is 14.5 Å². The number of carbonyl (C=O) groups is 2. The van der Waals surface area contributed by atoms with Crippen LogP contribution < -0.4 is 29.2 Å². The Balaban J connectivity index is 1.57. The van der Waals surface area contributed by atoms with Gasteiger partial charge in [-0.1, -0.05) is 13.0 Å². The van der Waals surface area contributed by atoms with Crippen LogP contribution in [0.15, 0.2) is 66.7 Å². The van der Waals surface area contributed by atoms with E-state index in [0.29, 0.717) is 46.9 Å². The first-order valence-corrected chi connectivity index (χ1v) is 13.3. The molecule has 0 aliphatic carbocycles. The SMILES string of the molecule is CCCOc1ccc(NC(=O)CC2C(=O)N(c3ccc(OC)cc3)C(=S)N2Cc2ccc(OC)c(OC)c2)cc1. The molecule has 1 aliphatic heterocycles. The van der Waals surface area contributed by atoms with E-state index < -0.39 is 6.04 Å². The summed E-state index contributed by atoms with van der Waals surface area (Å²) < 4.78 is 21.7. The van der Waals surface area contributed by atoms with Crippen molar-refractivity contribution in [3.05, 3.63) is 72.3 Å². The molecule has 1 saturated heterocycles. The van der Waals surface area contributed by atoms with Gasteiger partial charge in [0, 0.05) is 12.2 Å². The second-order valence-corrected chi connectivity index (χ2v) is 9.48. The number of methoxy groups -OCH3 is 3. The van der Waals surface area contributed by atoms with Gasteiger partial charge in [0.1, 0.15) is 17.5 Å². The minimum absolute atomic E-state index is 0.0903. The summed E-state index contributed by atoms with van der Waals surface area (Å²) in [5.41, 5.74) is 2.05. The molecule has 1 aliphatic rings. The predicted molar refractivity (Wildman–Crippen MR) is 157 cm³/mol. The highest BCUT2D eigenvalue weighted by Crippen LogP contribution is 2.32. The Bertz CT molecular complexity index is 1350. The molecule has 0 radical (unpaired) electrons. The summed E-state index contributed by atoms with van der Waals surface area (Å²) in [6, 6.07) is 18.9. The predicted octanol–water partition coefficient (Wildman–Crippen LogP) is 5.03. The van der Waals surface area contributed by atoms with Gasteiger partial charge in [-0.15, -0.1) is 0 Å². The van der Waals surface area contributed by atoms with Gasteiger partial charge in [0.2, 0.25) is 5.91 Å². The Kier molecular flexibility index (Phi) is 9.44. The zero-order valence-electron chi connectivity index (χ0n) is 23.0. The van der Waals surface area contributed by atoms with Crippen LogP contribution in [0.3, 0.4) is 0 Å². The number of thiocarbonyl (C=S) groups is 1. The highest BCUT2D eigenvalue weighted by molar-refractivity contribution is 7.80. The van der Waals surface area contributed by atoms with Crippen LogP contribution >= 0.6 is 12.2 Å². The van der Waals surface area contributed by atoms with Crippen molar-refractivity contribution in [2.45, 2.75) is 32.4 Å². The number of hydrogen-bond acceptors (Lipinski definition) is 7. The second kappa shape index (κ2) is 13.2. The molecule has 4 rings (SSSR count). The van der Waals surface area contributed by atoms with E-state index >= 15 is 0 Å². The topological polar surface area (TPSA) is 89.6 Å². The number of nitrogens with one attached hydrogen (secondary N) is 1. The molecule has 10 heteroatoms. The van der Waals surface area contributed by atoms with Crippen molar-refractivity contribution in [1.29, 1.82) is 0 Å². The molecule has 0 aromatic heterocycles. The molecule has 3 aromatic carbocycles. The van der Waals surface area contributed by atoms with Gasteiger partial charge < -0.3 is 29.2 Å². The Morgan fingerprint density at radius 3 is 2.20 bits per heavy atom. The summed E-state index contributed by atoms with van der Waals surface area (Å²) in [5, 5.41) is 3.19. The fraction of sp³-hybridized carbons (Fsp3) is 0.300. The maximum Gasteiger partial charge on any atom is 0.256 e. The Morgan fingerprint density at radius 1 is 0.900 bits per heavy atom. The molecular weight excluding hydrogens is 530 g/mol. The largest absolute Gasteiger partial charge is 0.497 e. The fourth-order valence-electron chi connectivity index (χ4n) is 4.40. The first kappa shape index (κ1) is 28.7. The Labute approximate surface area is 239 Å². The zero-order valence-corrected chi connectivity index (χ0v) is 23.8. The minimum Gasteiger partial charge on any atom is -0.497 e. The minimum atomic E-state index is -0.810. The Morgan fingerprint density at radius 2 is 1.57 bits per heavy atom. The lowest BCUT2D eigenvalue weighted by Gasteiger charge is -2.24. The molecule has 2 amide bonds. The summed E-state index contributed by atoms with van der Waals surface area (Å²) in [6.07, 6.45) is 0.816. The lowest BCUT2D eigenvalue weighted by atomic mass is 10.1. The molecule has 210 valence electrons. The van der Waals surface area contributed by atoms with Crippen LogP contribution in [0, 0.1) is 0 Å². The van der Waals surface area contributed by atoms with Crippen LogP contribution in [0.1, 0.15) is 25.3 Å². The number of nitrogens with zero attached hydrogens (tertiary/aromatic N) is 2. The smallest absolute Gasteiger partial charge is 0.256 e. The molecule has 1 atom stereocenters. The average Bonchev–Trinajstić information content (AvgIpc) is 3.20. The maximum atomic E-state index is 13.8. The summed E-state index contributed by atoms with van der Waals surface area (Å²) >= 11 is 5.80.